The van der Waals surface area contributed by atoms with Crippen LogP contribution in [-0.2, 0) is 0 Å². The topological polar surface area (TPSA) is 98.7 Å². The molecule has 3 aromatic rings. The molecule has 2 atom stereocenters. The van der Waals surface area contributed by atoms with Gasteiger partial charge in [0.05, 0.1) is 12.4 Å². The van der Waals surface area contributed by atoms with Gasteiger partial charge in [0.25, 0.3) is 5.91 Å². The molecule has 1 aromatic carbocycles. The fourth-order valence-corrected chi connectivity index (χ4v) is 3.84. The number of nitrogens with two attached hydrogens (primary N) is 1. The standard InChI is InChI=1S/C17H17BrN6O/c18-11-4-1-3-10(7-11)17(25)23-12-5-2-6-13(12)24-9-22-14-15(19)20-8-21-16(14)24/h1,3-4,7-9,12-13H,2,5-6H2,(H,23,25)(H2,19,20,21)/t12-,13-/m0/s1. The largest absolute Gasteiger partial charge is 0.382 e. The molecule has 25 heavy (non-hydrogen) atoms. The van der Waals surface area contributed by atoms with Gasteiger partial charge in [0, 0.05) is 16.1 Å². The molecule has 0 spiro atoms. The van der Waals surface area contributed by atoms with Gasteiger partial charge >= 0.3 is 0 Å². The van der Waals surface area contributed by atoms with E-state index in [1.807, 2.05) is 28.8 Å². The number of fused-ring (bicyclic) bond motifs is 1. The van der Waals surface area contributed by atoms with E-state index in [1.54, 1.807) is 6.33 Å². The molecule has 7 nitrogen and oxygen atoms in total. The van der Waals surface area contributed by atoms with Crippen LogP contribution in [0, 0.1) is 0 Å². The van der Waals surface area contributed by atoms with Gasteiger partial charge in [-0.2, -0.15) is 0 Å². The van der Waals surface area contributed by atoms with Crippen LogP contribution in [0.15, 0.2) is 41.4 Å². The second-order valence-electron chi connectivity index (χ2n) is 6.17. The van der Waals surface area contributed by atoms with Crippen LogP contribution >= 0.6 is 15.9 Å². The Bertz CT molecular complexity index is 940. The second-order valence-corrected chi connectivity index (χ2v) is 7.09. The number of nitrogens with one attached hydrogen (secondary N) is 1. The summed E-state index contributed by atoms with van der Waals surface area (Å²) in [5, 5.41) is 3.16. The van der Waals surface area contributed by atoms with Gasteiger partial charge in [-0.1, -0.05) is 22.0 Å². The average Bonchev–Trinajstić information content (AvgIpc) is 3.22. The van der Waals surface area contributed by atoms with E-state index in [4.69, 9.17) is 5.73 Å². The van der Waals surface area contributed by atoms with Gasteiger partial charge < -0.3 is 15.6 Å². The summed E-state index contributed by atoms with van der Waals surface area (Å²) in [7, 11) is 0. The Kier molecular flexibility index (Phi) is 4.12. The molecule has 0 saturated heterocycles. The molecule has 1 aliphatic carbocycles. The number of benzene rings is 1. The summed E-state index contributed by atoms with van der Waals surface area (Å²) < 4.78 is 2.89. The quantitative estimate of drug-likeness (QED) is 0.703. The molecule has 128 valence electrons. The maximum Gasteiger partial charge on any atom is 0.251 e. The smallest absolute Gasteiger partial charge is 0.251 e. The zero-order valence-corrected chi connectivity index (χ0v) is 15.0. The number of anilines is 1. The first-order valence-corrected chi connectivity index (χ1v) is 8.92. The third-order valence-corrected chi connectivity index (χ3v) is 5.12. The third-order valence-electron chi connectivity index (χ3n) is 4.63. The van der Waals surface area contributed by atoms with Crippen molar-refractivity contribution in [3.63, 3.8) is 0 Å². The Morgan fingerprint density at radius 3 is 3.00 bits per heavy atom. The number of amides is 1. The molecular weight excluding hydrogens is 384 g/mol. The number of rotatable bonds is 3. The highest BCUT2D eigenvalue weighted by atomic mass is 79.9. The zero-order chi connectivity index (χ0) is 17.4. The van der Waals surface area contributed by atoms with Crippen LogP contribution in [0.25, 0.3) is 11.2 Å². The number of nitrogens with zero attached hydrogens (tertiary/aromatic N) is 4. The fourth-order valence-electron chi connectivity index (χ4n) is 3.44. The lowest BCUT2D eigenvalue weighted by Gasteiger charge is -2.22. The molecular formula is C17H17BrN6O. The highest BCUT2D eigenvalue weighted by Crippen LogP contribution is 2.33. The number of carbonyl (C=O) groups excluding carboxylic acids is 1. The molecule has 0 aliphatic heterocycles. The molecule has 0 unspecified atom stereocenters. The molecule has 1 amide bonds. The molecule has 4 rings (SSSR count). The maximum absolute atomic E-state index is 12.6. The van der Waals surface area contributed by atoms with Crippen molar-refractivity contribution in [2.45, 2.75) is 31.3 Å². The van der Waals surface area contributed by atoms with Crippen molar-refractivity contribution >= 4 is 38.8 Å². The molecule has 0 radical (unpaired) electrons. The zero-order valence-electron chi connectivity index (χ0n) is 13.4. The number of imidazole rings is 1. The predicted octanol–water partition coefficient (Wildman–Crippen LogP) is 2.69. The summed E-state index contributed by atoms with van der Waals surface area (Å²) >= 11 is 3.40. The number of carbonyl (C=O) groups is 1. The van der Waals surface area contributed by atoms with E-state index in [-0.39, 0.29) is 18.0 Å². The first-order valence-electron chi connectivity index (χ1n) is 8.13. The summed E-state index contributed by atoms with van der Waals surface area (Å²) in [5.41, 5.74) is 7.83. The number of hydrogen-bond donors (Lipinski definition) is 2. The van der Waals surface area contributed by atoms with E-state index in [2.05, 4.69) is 36.2 Å². The molecule has 2 heterocycles. The van der Waals surface area contributed by atoms with Crippen molar-refractivity contribution in [3.8, 4) is 0 Å². The van der Waals surface area contributed by atoms with Crippen LogP contribution in [0.2, 0.25) is 0 Å². The second kappa shape index (κ2) is 6.44. The Balaban J connectivity index is 1.60. The summed E-state index contributed by atoms with van der Waals surface area (Å²) in [5.74, 6) is 0.299. The van der Waals surface area contributed by atoms with E-state index in [0.717, 1.165) is 23.7 Å². The first kappa shape index (κ1) is 16.0. The Labute approximate surface area is 152 Å². The van der Waals surface area contributed by atoms with Crippen molar-refractivity contribution in [2.75, 3.05) is 5.73 Å². The minimum Gasteiger partial charge on any atom is -0.382 e. The van der Waals surface area contributed by atoms with Gasteiger partial charge in [-0.3, -0.25) is 4.79 Å². The molecule has 1 aliphatic rings. The SMILES string of the molecule is Nc1ncnc2c1ncn2[C@H]1CCC[C@@H]1NC(=O)c1cccc(Br)c1. The minimum absolute atomic E-state index is 0.0278. The number of nitrogen functional groups attached to an aromatic ring is 1. The van der Waals surface area contributed by atoms with Crippen LogP contribution in [0.4, 0.5) is 5.82 Å². The highest BCUT2D eigenvalue weighted by Gasteiger charge is 2.31. The summed E-state index contributed by atoms with van der Waals surface area (Å²) in [6, 6.07) is 7.52. The number of halogens is 1. The molecule has 8 heteroatoms. The number of aromatic nitrogens is 4. The van der Waals surface area contributed by atoms with Crippen molar-refractivity contribution in [1.29, 1.82) is 0 Å². The Morgan fingerprint density at radius 2 is 2.16 bits per heavy atom. The maximum atomic E-state index is 12.6. The van der Waals surface area contributed by atoms with E-state index < -0.39 is 0 Å². The summed E-state index contributed by atoms with van der Waals surface area (Å²) in [6.07, 6.45) is 6.10. The van der Waals surface area contributed by atoms with E-state index in [1.165, 1.54) is 6.33 Å². The Hall–Kier alpha value is -2.48. The molecule has 2 aromatic heterocycles. The minimum atomic E-state index is -0.0724. The highest BCUT2D eigenvalue weighted by molar-refractivity contribution is 9.10. The van der Waals surface area contributed by atoms with Gasteiger partial charge in [-0.05, 0) is 37.5 Å². The number of hydrogen-bond acceptors (Lipinski definition) is 5. The van der Waals surface area contributed by atoms with Crippen molar-refractivity contribution in [1.82, 2.24) is 24.8 Å². The lowest BCUT2D eigenvalue weighted by Crippen LogP contribution is -2.38. The van der Waals surface area contributed by atoms with Crippen molar-refractivity contribution < 1.29 is 4.79 Å². The van der Waals surface area contributed by atoms with Crippen LogP contribution in [0.5, 0.6) is 0 Å². The predicted molar refractivity (Wildman–Crippen MR) is 98.0 cm³/mol. The first-order chi connectivity index (χ1) is 12.1. The lowest BCUT2D eigenvalue weighted by atomic mass is 10.1. The normalized spacial score (nSPS) is 20.0. The van der Waals surface area contributed by atoms with Crippen molar-refractivity contribution in [3.05, 3.63) is 47.0 Å². The van der Waals surface area contributed by atoms with Crippen molar-refractivity contribution in [2.24, 2.45) is 0 Å². The van der Waals surface area contributed by atoms with Gasteiger partial charge in [-0.15, -0.1) is 0 Å². The molecule has 1 saturated carbocycles. The van der Waals surface area contributed by atoms with Crippen LogP contribution in [0.1, 0.15) is 35.7 Å². The van der Waals surface area contributed by atoms with Gasteiger partial charge in [-0.25, -0.2) is 15.0 Å². The monoisotopic (exact) mass is 400 g/mol. The lowest BCUT2D eigenvalue weighted by molar-refractivity contribution is 0.0929. The van der Waals surface area contributed by atoms with Gasteiger partial charge in [0.2, 0.25) is 0 Å². The van der Waals surface area contributed by atoms with Crippen LogP contribution < -0.4 is 11.1 Å². The van der Waals surface area contributed by atoms with E-state index >= 15 is 0 Å². The van der Waals surface area contributed by atoms with Gasteiger partial charge in [0.1, 0.15) is 11.8 Å². The van der Waals surface area contributed by atoms with E-state index in [0.29, 0.717) is 22.5 Å². The average molecular weight is 401 g/mol. The van der Waals surface area contributed by atoms with Crippen LogP contribution in [0.3, 0.4) is 0 Å². The fraction of sp³-hybridized carbons (Fsp3) is 0.294. The summed E-state index contributed by atoms with van der Waals surface area (Å²) in [6.45, 7) is 0. The summed E-state index contributed by atoms with van der Waals surface area (Å²) in [4.78, 5) is 25.2. The molecule has 1 fully saturated rings. The van der Waals surface area contributed by atoms with Crippen LogP contribution in [-0.4, -0.2) is 31.5 Å². The molecule has 3 N–H and O–H groups in total. The Morgan fingerprint density at radius 1 is 1.28 bits per heavy atom. The van der Waals surface area contributed by atoms with Gasteiger partial charge in [0.15, 0.2) is 11.5 Å². The van der Waals surface area contributed by atoms with E-state index in [9.17, 15) is 4.79 Å². The molecule has 0 bridgehead atoms. The third kappa shape index (κ3) is 2.97.